The zero-order chi connectivity index (χ0) is 19.0. The normalized spacial score (nSPS) is 18.0. The van der Waals surface area contributed by atoms with Crippen LogP contribution in [0.2, 0.25) is 0 Å². The topological polar surface area (TPSA) is 58.6 Å². The highest BCUT2D eigenvalue weighted by atomic mass is 32.1. The fraction of sp³-hybridized carbons (Fsp3) is 0.429. The number of thiophene rings is 1. The van der Waals surface area contributed by atoms with Gasteiger partial charge < -0.3 is 15.0 Å². The third-order valence-electron chi connectivity index (χ3n) is 5.47. The SMILES string of the molecule is COC(=O)c1c(NC(=O)CN2CCc3ccccc32)sc2c1CCC(C)C2. The van der Waals surface area contributed by atoms with Gasteiger partial charge in [0.05, 0.1) is 19.2 Å². The fourth-order valence-electron chi connectivity index (χ4n) is 4.07. The van der Waals surface area contributed by atoms with Gasteiger partial charge in [-0.05, 0) is 48.8 Å². The van der Waals surface area contributed by atoms with Crippen LogP contribution in [0.5, 0.6) is 0 Å². The number of fused-ring (bicyclic) bond motifs is 2. The molecule has 1 atom stereocenters. The molecule has 142 valence electrons. The molecule has 2 aliphatic rings. The van der Waals surface area contributed by atoms with Crippen LogP contribution >= 0.6 is 11.3 Å². The maximum absolute atomic E-state index is 12.7. The van der Waals surface area contributed by atoms with E-state index >= 15 is 0 Å². The number of benzene rings is 1. The summed E-state index contributed by atoms with van der Waals surface area (Å²) >= 11 is 1.53. The summed E-state index contributed by atoms with van der Waals surface area (Å²) in [4.78, 5) is 28.4. The second-order valence-corrected chi connectivity index (χ2v) is 8.50. The molecule has 2 aromatic rings. The Bertz CT molecular complexity index is 890. The van der Waals surface area contributed by atoms with Crippen LogP contribution < -0.4 is 10.2 Å². The molecular weight excluding hydrogens is 360 g/mol. The molecule has 0 fully saturated rings. The minimum atomic E-state index is -0.358. The molecule has 1 aromatic carbocycles. The summed E-state index contributed by atoms with van der Waals surface area (Å²) < 4.78 is 5.00. The molecule has 1 N–H and O–H groups in total. The fourth-order valence-corrected chi connectivity index (χ4v) is 5.48. The number of ether oxygens (including phenoxy) is 1. The van der Waals surface area contributed by atoms with Crippen molar-refractivity contribution in [3.63, 3.8) is 0 Å². The number of methoxy groups -OCH3 is 1. The van der Waals surface area contributed by atoms with E-state index in [2.05, 4.69) is 29.3 Å². The standard InChI is InChI=1S/C21H24N2O3S/c1-13-7-8-15-17(11-13)27-20(19(15)21(25)26-2)22-18(24)12-23-10-9-14-5-3-4-6-16(14)23/h3-6,13H,7-12H2,1-2H3,(H,22,24). The van der Waals surface area contributed by atoms with Gasteiger partial charge in [-0.1, -0.05) is 25.1 Å². The lowest BCUT2D eigenvalue weighted by atomic mass is 9.88. The van der Waals surface area contributed by atoms with Crippen LogP contribution in [0.1, 0.15) is 39.7 Å². The Labute approximate surface area is 163 Å². The smallest absolute Gasteiger partial charge is 0.341 e. The molecule has 0 saturated carbocycles. The molecule has 1 amide bonds. The summed E-state index contributed by atoms with van der Waals surface area (Å²) in [5, 5.41) is 3.63. The van der Waals surface area contributed by atoms with Gasteiger partial charge in [0.2, 0.25) is 5.91 Å². The molecule has 1 aliphatic heterocycles. The number of hydrogen-bond donors (Lipinski definition) is 1. The molecule has 27 heavy (non-hydrogen) atoms. The number of hydrogen-bond acceptors (Lipinski definition) is 5. The van der Waals surface area contributed by atoms with E-state index in [1.165, 1.54) is 28.9 Å². The molecule has 0 radical (unpaired) electrons. The maximum Gasteiger partial charge on any atom is 0.341 e. The number of carbonyl (C=O) groups excluding carboxylic acids is 2. The Morgan fingerprint density at radius 3 is 2.93 bits per heavy atom. The van der Waals surface area contributed by atoms with Crippen molar-refractivity contribution in [2.75, 3.05) is 30.4 Å². The molecular formula is C21H24N2O3S. The monoisotopic (exact) mass is 384 g/mol. The second-order valence-electron chi connectivity index (χ2n) is 7.40. The summed E-state index contributed by atoms with van der Waals surface area (Å²) in [5.74, 6) is 0.152. The van der Waals surface area contributed by atoms with Gasteiger partial charge >= 0.3 is 5.97 Å². The van der Waals surface area contributed by atoms with Gasteiger partial charge in [-0.2, -0.15) is 0 Å². The number of amides is 1. The van der Waals surface area contributed by atoms with E-state index < -0.39 is 0 Å². The Kier molecular flexibility index (Phi) is 4.91. The van der Waals surface area contributed by atoms with E-state index in [1.54, 1.807) is 0 Å². The number of nitrogens with zero attached hydrogens (tertiary/aromatic N) is 1. The number of nitrogens with one attached hydrogen (secondary N) is 1. The van der Waals surface area contributed by atoms with Gasteiger partial charge in [-0.3, -0.25) is 4.79 Å². The summed E-state index contributed by atoms with van der Waals surface area (Å²) in [5.41, 5.74) is 4.02. The number of carbonyl (C=O) groups is 2. The molecule has 5 nitrogen and oxygen atoms in total. The Hall–Kier alpha value is -2.34. The molecule has 0 bridgehead atoms. The van der Waals surface area contributed by atoms with Crippen LogP contribution in [0.25, 0.3) is 0 Å². The summed E-state index contributed by atoms with van der Waals surface area (Å²) in [6.45, 7) is 3.36. The summed E-state index contributed by atoms with van der Waals surface area (Å²) in [6.07, 6.45) is 3.85. The van der Waals surface area contributed by atoms with E-state index in [0.717, 1.165) is 43.5 Å². The highest BCUT2D eigenvalue weighted by molar-refractivity contribution is 7.17. The quantitative estimate of drug-likeness (QED) is 0.818. The average molecular weight is 385 g/mol. The Morgan fingerprint density at radius 2 is 2.11 bits per heavy atom. The van der Waals surface area contributed by atoms with Crippen LogP contribution in [-0.2, 0) is 28.8 Å². The summed E-state index contributed by atoms with van der Waals surface area (Å²) in [7, 11) is 1.39. The first-order valence-electron chi connectivity index (χ1n) is 9.42. The second kappa shape index (κ2) is 7.35. The first kappa shape index (κ1) is 18.0. The van der Waals surface area contributed by atoms with Crippen LogP contribution in [0, 0.1) is 5.92 Å². The molecule has 1 aliphatic carbocycles. The van der Waals surface area contributed by atoms with E-state index in [4.69, 9.17) is 4.74 Å². The molecule has 1 unspecified atom stereocenters. The molecule has 2 heterocycles. The van der Waals surface area contributed by atoms with E-state index in [-0.39, 0.29) is 18.4 Å². The van der Waals surface area contributed by atoms with Gasteiger partial charge in [-0.25, -0.2) is 4.79 Å². The van der Waals surface area contributed by atoms with Gasteiger partial charge in [0.15, 0.2) is 0 Å². The minimum Gasteiger partial charge on any atom is -0.465 e. The Morgan fingerprint density at radius 1 is 1.30 bits per heavy atom. The van der Waals surface area contributed by atoms with Crippen molar-refractivity contribution >= 4 is 33.9 Å². The van der Waals surface area contributed by atoms with Crippen molar-refractivity contribution in [2.24, 2.45) is 5.92 Å². The molecule has 6 heteroatoms. The maximum atomic E-state index is 12.7. The van der Waals surface area contributed by atoms with Crippen LogP contribution in [0.4, 0.5) is 10.7 Å². The van der Waals surface area contributed by atoms with Gasteiger partial charge in [0.25, 0.3) is 0 Å². The molecule has 0 saturated heterocycles. The van der Waals surface area contributed by atoms with Crippen LogP contribution in [0.15, 0.2) is 24.3 Å². The van der Waals surface area contributed by atoms with Crippen LogP contribution in [-0.4, -0.2) is 32.1 Å². The average Bonchev–Trinajstić information content (AvgIpc) is 3.22. The third-order valence-corrected chi connectivity index (χ3v) is 6.64. The zero-order valence-electron chi connectivity index (χ0n) is 15.7. The van der Waals surface area contributed by atoms with E-state index in [1.807, 2.05) is 12.1 Å². The van der Waals surface area contributed by atoms with Crippen LogP contribution in [0.3, 0.4) is 0 Å². The summed E-state index contributed by atoms with van der Waals surface area (Å²) in [6, 6.07) is 8.19. The molecule has 4 rings (SSSR count). The van der Waals surface area contributed by atoms with Gasteiger partial charge in [0.1, 0.15) is 5.00 Å². The minimum absolute atomic E-state index is 0.0940. The number of anilines is 2. The van der Waals surface area contributed by atoms with E-state index in [9.17, 15) is 9.59 Å². The van der Waals surface area contributed by atoms with Crippen molar-refractivity contribution < 1.29 is 14.3 Å². The first-order chi connectivity index (χ1) is 13.1. The van der Waals surface area contributed by atoms with Crippen molar-refractivity contribution in [1.82, 2.24) is 0 Å². The molecule has 0 spiro atoms. The third kappa shape index (κ3) is 3.46. The predicted molar refractivity (Wildman–Crippen MR) is 108 cm³/mol. The highest BCUT2D eigenvalue weighted by Crippen LogP contribution is 2.40. The largest absolute Gasteiger partial charge is 0.465 e. The lowest BCUT2D eigenvalue weighted by Gasteiger charge is -2.19. The zero-order valence-corrected chi connectivity index (χ0v) is 16.5. The number of esters is 1. The predicted octanol–water partition coefficient (Wildman–Crippen LogP) is 3.66. The highest BCUT2D eigenvalue weighted by Gasteiger charge is 2.29. The van der Waals surface area contributed by atoms with Crippen molar-refractivity contribution in [1.29, 1.82) is 0 Å². The van der Waals surface area contributed by atoms with E-state index in [0.29, 0.717) is 16.5 Å². The number of rotatable bonds is 4. The first-order valence-corrected chi connectivity index (χ1v) is 10.2. The number of para-hydroxylation sites is 1. The Balaban J connectivity index is 1.54. The molecule has 1 aromatic heterocycles. The van der Waals surface area contributed by atoms with Gasteiger partial charge in [0, 0.05) is 17.1 Å². The lowest BCUT2D eigenvalue weighted by Crippen LogP contribution is -2.32. The van der Waals surface area contributed by atoms with Crippen molar-refractivity contribution in [3.8, 4) is 0 Å². The lowest BCUT2D eigenvalue weighted by molar-refractivity contribution is -0.114. The van der Waals surface area contributed by atoms with Crippen molar-refractivity contribution in [2.45, 2.75) is 32.6 Å². The van der Waals surface area contributed by atoms with Gasteiger partial charge in [-0.15, -0.1) is 11.3 Å². The van der Waals surface area contributed by atoms with Crippen molar-refractivity contribution in [3.05, 3.63) is 45.8 Å².